The molecule has 17 heavy (non-hydrogen) atoms. The standard InChI is InChI=1S/C10H15N5O2/c1-14-3-4-15(6-9(14)16)7-5-8(17-2)13-10(11)12-7/h5H,3-4,6H2,1-2H3,(H2,11,12,13). The number of hydrogen-bond acceptors (Lipinski definition) is 6. The molecule has 1 fully saturated rings. The fourth-order valence-electron chi connectivity index (χ4n) is 1.65. The van der Waals surface area contributed by atoms with Gasteiger partial charge in [-0.15, -0.1) is 0 Å². The summed E-state index contributed by atoms with van der Waals surface area (Å²) >= 11 is 0. The van der Waals surface area contributed by atoms with Crippen LogP contribution in [-0.4, -0.2) is 54.6 Å². The Kier molecular flexibility index (Phi) is 2.99. The molecule has 2 heterocycles. The van der Waals surface area contributed by atoms with Crippen LogP contribution in [0.3, 0.4) is 0 Å². The van der Waals surface area contributed by atoms with Crippen molar-refractivity contribution in [3.8, 4) is 5.88 Å². The number of nitrogen functional groups attached to an aromatic ring is 1. The molecule has 7 nitrogen and oxygen atoms in total. The highest BCUT2D eigenvalue weighted by Gasteiger charge is 2.22. The van der Waals surface area contributed by atoms with Crippen LogP contribution in [0.4, 0.5) is 11.8 Å². The fourth-order valence-corrected chi connectivity index (χ4v) is 1.65. The van der Waals surface area contributed by atoms with Crippen molar-refractivity contribution in [2.75, 3.05) is 44.4 Å². The van der Waals surface area contributed by atoms with Crippen LogP contribution in [0.1, 0.15) is 0 Å². The third-order valence-electron chi connectivity index (χ3n) is 2.70. The van der Waals surface area contributed by atoms with Crippen molar-refractivity contribution < 1.29 is 9.53 Å². The molecule has 0 spiro atoms. The van der Waals surface area contributed by atoms with Gasteiger partial charge in [-0.2, -0.15) is 9.97 Å². The van der Waals surface area contributed by atoms with Crippen molar-refractivity contribution in [2.24, 2.45) is 0 Å². The normalized spacial score (nSPS) is 16.2. The zero-order valence-electron chi connectivity index (χ0n) is 9.88. The number of rotatable bonds is 2. The SMILES string of the molecule is COc1cc(N2CCN(C)C(=O)C2)nc(N)n1. The summed E-state index contributed by atoms with van der Waals surface area (Å²) in [4.78, 5) is 23.2. The van der Waals surface area contributed by atoms with Gasteiger partial charge in [-0.1, -0.05) is 0 Å². The average Bonchev–Trinajstić information content (AvgIpc) is 2.32. The molecule has 7 heteroatoms. The van der Waals surface area contributed by atoms with Gasteiger partial charge in [0, 0.05) is 26.2 Å². The highest BCUT2D eigenvalue weighted by Crippen LogP contribution is 2.19. The number of ether oxygens (including phenoxy) is 1. The van der Waals surface area contributed by atoms with Gasteiger partial charge < -0.3 is 20.3 Å². The van der Waals surface area contributed by atoms with Crippen molar-refractivity contribution in [2.45, 2.75) is 0 Å². The van der Waals surface area contributed by atoms with Crippen LogP contribution in [0.2, 0.25) is 0 Å². The van der Waals surface area contributed by atoms with Gasteiger partial charge in [-0.3, -0.25) is 4.79 Å². The van der Waals surface area contributed by atoms with Crippen molar-refractivity contribution >= 4 is 17.7 Å². The first-order valence-corrected chi connectivity index (χ1v) is 5.27. The Hall–Kier alpha value is -2.05. The highest BCUT2D eigenvalue weighted by atomic mass is 16.5. The molecule has 2 rings (SSSR count). The number of piperazine rings is 1. The van der Waals surface area contributed by atoms with Crippen LogP contribution >= 0.6 is 0 Å². The number of carbonyl (C=O) groups is 1. The lowest BCUT2D eigenvalue weighted by atomic mass is 10.3. The summed E-state index contributed by atoms with van der Waals surface area (Å²) in [6.07, 6.45) is 0. The monoisotopic (exact) mass is 237 g/mol. The van der Waals surface area contributed by atoms with Gasteiger partial charge in [-0.25, -0.2) is 0 Å². The van der Waals surface area contributed by atoms with E-state index < -0.39 is 0 Å². The van der Waals surface area contributed by atoms with E-state index in [1.165, 1.54) is 7.11 Å². The van der Waals surface area contributed by atoms with Crippen LogP contribution in [0.25, 0.3) is 0 Å². The molecule has 0 radical (unpaired) electrons. The zero-order chi connectivity index (χ0) is 12.4. The van der Waals surface area contributed by atoms with Gasteiger partial charge in [-0.05, 0) is 0 Å². The Labute approximate surface area is 99.2 Å². The van der Waals surface area contributed by atoms with E-state index in [-0.39, 0.29) is 11.9 Å². The van der Waals surface area contributed by atoms with Crippen LogP contribution in [-0.2, 0) is 4.79 Å². The van der Waals surface area contributed by atoms with Crippen molar-refractivity contribution in [3.63, 3.8) is 0 Å². The number of anilines is 2. The van der Waals surface area contributed by atoms with Crippen molar-refractivity contribution in [1.82, 2.24) is 14.9 Å². The molecule has 2 N–H and O–H groups in total. The molecule has 0 bridgehead atoms. The Morgan fingerprint density at radius 2 is 2.18 bits per heavy atom. The predicted molar refractivity (Wildman–Crippen MR) is 62.8 cm³/mol. The lowest BCUT2D eigenvalue weighted by Gasteiger charge is -2.32. The maximum atomic E-state index is 11.6. The number of nitrogens with two attached hydrogens (primary N) is 1. The van der Waals surface area contributed by atoms with E-state index in [1.807, 2.05) is 4.90 Å². The molecule has 0 aromatic carbocycles. The summed E-state index contributed by atoms with van der Waals surface area (Å²) < 4.78 is 5.02. The molecule has 1 aromatic rings. The number of aromatic nitrogens is 2. The third kappa shape index (κ3) is 2.38. The lowest BCUT2D eigenvalue weighted by molar-refractivity contribution is -0.129. The van der Waals surface area contributed by atoms with E-state index in [0.717, 1.165) is 6.54 Å². The summed E-state index contributed by atoms with van der Waals surface area (Å²) in [6.45, 7) is 1.70. The Bertz CT molecular complexity index is 437. The van der Waals surface area contributed by atoms with Gasteiger partial charge in [0.2, 0.25) is 17.7 Å². The lowest BCUT2D eigenvalue weighted by Crippen LogP contribution is -2.48. The first-order valence-electron chi connectivity index (χ1n) is 5.27. The molecule has 1 aliphatic heterocycles. The predicted octanol–water partition coefficient (Wildman–Crippen LogP) is -0.654. The highest BCUT2D eigenvalue weighted by molar-refractivity contribution is 5.82. The number of methoxy groups -OCH3 is 1. The van der Waals surface area contributed by atoms with Gasteiger partial charge in [0.05, 0.1) is 13.7 Å². The molecule has 0 aliphatic carbocycles. The van der Waals surface area contributed by atoms with E-state index in [2.05, 4.69) is 9.97 Å². The van der Waals surface area contributed by atoms with Crippen LogP contribution in [0.15, 0.2) is 6.07 Å². The van der Waals surface area contributed by atoms with Crippen LogP contribution < -0.4 is 15.4 Å². The summed E-state index contributed by atoms with van der Waals surface area (Å²) in [6, 6.07) is 1.68. The molecule has 92 valence electrons. The molecular weight excluding hydrogens is 222 g/mol. The van der Waals surface area contributed by atoms with E-state index in [4.69, 9.17) is 10.5 Å². The summed E-state index contributed by atoms with van der Waals surface area (Å²) in [5.74, 6) is 1.23. The number of hydrogen-bond donors (Lipinski definition) is 1. The summed E-state index contributed by atoms with van der Waals surface area (Å²) in [5.41, 5.74) is 5.58. The second kappa shape index (κ2) is 4.44. The molecular formula is C10H15N5O2. The summed E-state index contributed by atoms with van der Waals surface area (Å²) in [5, 5.41) is 0. The molecule has 1 amide bonds. The van der Waals surface area contributed by atoms with Gasteiger partial charge in [0.15, 0.2) is 0 Å². The minimum atomic E-state index is 0.0624. The smallest absolute Gasteiger partial charge is 0.241 e. The molecule has 0 atom stereocenters. The van der Waals surface area contributed by atoms with E-state index in [0.29, 0.717) is 24.8 Å². The quantitative estimate of drug-likeness (QED) is 0.735. The maximum Gasteiger partial charge on any atom is 0.241 e. The first-order chi connectivity index (χ1) is 8.10. The summed E-state index contributed by atoms with van der Waals surface area (Å²) in [7, 11) is 3.30. The van der Waals surface area contributed by atoms with Crippen LogP contribution in [0, 0.1) is 0 Å². The first kappa shape index (κ1) is 11.4. The van der Waals surface area contributed by atoms with E-state index in [9.17, 15) is 4.79 Å². The second-order valence-corrected chi connectivity index (χ2v) is 3.86. The average molecular weight is 237 g/mol. The minimum absolute atomic E-state index is 0.0624. The number of carbonyl (C=O) groups excluding carboxylic acids is 1. The second-order valence-electron chi connectivity index (χ2n) is 3.86. The Morgan fingerprint density at radius 1 is 1.41 bits per heavy atom. The number of likely N-dealkylation sites (N-methyl/N-ethyl adjacent to an activating group) is 1. The largest absolute Gasteiger partial charge is 0.481 e. The molecule has 0 saturated carbocycles. The third-order valence-corrected chi connectivity index (χ3v) is 2.70. The molecule has 1 saturated heterocycles. The maximum absolute atomic E-state index is 11.6. The van der Waals surface area contributed by atoms with Gasteiger partial charge in [0.25, 0.3) is 0 Å². The van der Waals surface area contributed by atoms with Crippen molar-refractivity contribution in [3.05, 3.63) is 6.07 Å². The van der Waals surface area contributed by atoms with Crippen LogP contribution in [0.5, 0.6) is 5.88 Å². The molecule has 0 unspecified atom stereocenters. The van der Waals surface area contributed by atoms with Crippen molar-refractivity contribution in [1.29, 1.82) is 0 Å². The van der Waals surface area contributed by atoms with E-state index >= 15 is 0 Å². The van der Waals surface area contributed by atoms with Gasteiger partial charge in [0.1, 0.15) is 5.82 Å². The molecule has 1 aromatic heterocycles. The fraction of sp³-hybridized carbons (Fsp3) is 0.500. The molecule has 1 aliphatic rings. The number of nitrogens with zero attached hydrogens (tertiary/aromatic N) is 4. The minimum Gasteiger partial charge on any atom is -0.481 e. The van der Waals surface area contributed by atoms with Gasteiger partial charge >= 0.3 is 0 Å². The number of amides is 1. The Balaban J connectivity index is 2.22. The topological polar surface area (TPSA) is 84.6 Å². The zero-order valence-corrected chi connectivity index (χ0v) is 9.88. The van der Waals surface area contributed by atoms with E-state index in [1.54, 1.807) is 18.0 Å². The Morgan fingerprint density at radius 3 is 2.82 bits per heavy atom.